The summed E-state index contributed by atoms with van der Waals surface area (Å²) < 4.78 is 22.2. The van der Waals surface area contributed by atoms with Crippen LogP contribution in [0, 0.1) is 0 Å². The zero-order valence-electron chi connectivity index (χ0n) is 2.92. The Balaban J connectivity index is 3.45. The summed E-state index contributed by atoms with van der Waals surface area (Å²) in [5.74, 6) is 0. The number of halogens is 3. The molecule has 0 saturated heterocycles. The van der Waals surface area contributed by atoms with E-state index in [1.54, 1.807) is 0 Å². The lowest BCUT2D eigenvalue weighted by Gasteiger charge is -1.93. The second-order valence-electron chi connectivity index (χ2n) is 0.746. The first-order chi connectivity index (χ1) is 2.56. The highest BCUT2D eigenvalue weighted by Gasteiger charge is 2.16. The van der Waals surface area contributed by atoms with Crippen LogP contribution in [0.1, 0.15) is 0 Å². The van der Waals surface area contributed by atoms with Crippen molar-refractivity contribution in [2.45, 2.75) is 5.38 Å². The first kappa shape index (κ1) is 5.89. The van der Waals surface area contributed by atoms with E-state index < -0.39 is 5.38 Å². The standard InChI is InChI=1S/C3H3ClF2/c1-2-3(4,5)6/h2H,1H2. The summed E-state index contributed by atoms with van der Waals surface area (Å²) in [5.41, 5.74) is 0. The van der Waals surface area contributed by atoms with Crippen molar-refractivity contribution in [1.82, 2.24) is 0 Å². The fourth-order valence-electron chi connectivity index (χ4n) is 0. The Labute approximate surface area is 39.4 Å². The second kappa shape index (κ2) is 1.56. The minimum Gasteiger partial charge on any atom is -0.184 e. The Morgan fingerprint density at radius 1 is 1.67 bits per heavy atom. The molecule has 0 amide bonds. The van der Waals surface area contributed by atoms with Crippen molar-refractivity contribution in [3.8, 4) is 0 Å². The van der Waals surface area contributed by atoms with Crippen LogP contribution in [0.3, 0.4) is 0 Å². The molecule has 0 aromatic rings. The van der Waals surface area contributed by atoms with Gasteiger partial charge in [-0.2, -0.15) is 8.78 Å². The molecule has 0 nitrogen and oxygen atoms in total. The lowest BCUT2D eigenvalue weighted by molar-refractivity contribution is 0.153. The van der Waals surface area contributed by atoms with E-state index in [0.717, 1.165) is 0 Å². The van der Waals surface area contributed by atoms with Crippen molar-refractivity contribution in [2.75, 3.05) is 0 Å². The van der Waals surface area contributed by atoms with Gasteiger partial charge in [-0.1, -0.05) is 6.58 Å². The molecule has 0 heterocycles. The van der Waals surface area contributed by atoms with Gasteiger partial charge in [0.1, 0.15) is 0 Å². The fourth-order valence-corrected chi connectivity index (χ4v) is 0. The summed E-state index contributed by atoms with van der Waals surface area (Å²) in [5, 5.41) is -3.22. The highest BCUT2D eigenvalue weighted by atomic mass is 35.5. The summed E-state index contributed by atoms with van der Waals surface area (Å²) in [6.45, 7) is 2.75. The van der Waals surface area contributed by atoms with Crippen LogP contribution in [0.4, 0.5) is 8.78 Å². The Hall–Kier alpha value is -0.110. The average molecular weight is 113 g/mol. The van der Waals surface area contributed by atoms with Gasteiger partial charge >= 0.3 is 5.38 Å². The van der Waals surface area contributed by atoms with Gasteiger partial charge in [0.05, 0.1) is 0 Å². The molecule has 0 unspecified atom stereocenters. The van der Waals surface area contributed by atoms with Gasteiger partial charge in [0.15, 0.2) is 0 Å². The van der Waals surface area contributed by atoms with Crippen molar-refractivity contribution in [3.05, 3.63) is 12.7 Å². The van der Waals surface area contributed by atoms with Crippen molar-refractivity contribution in [2.24, 2.45) is 0 Å². The molecule has 0 saturated carbocycles. The van der Waals surface area contributed by atoms with Crippen LogP contribution >= 0.6 is 11.6 Å². The zero-order chi connectivity index (χ0) is 5.21. The van der Waals surface area contributed by atoms with Gasteiger partial charge in [-0.25, -0.2) is 0 Å². The predicted molar refractivity (Wildman–Crippen MR) is 21.0 cm³/mol. The summed E-state index contributed by atoms with van der Waals surface area (Å²) >= 11 is 4.27. The van der Waals surface area contributed by atoms with Crippen LogP contribution in [0.15, 0.2) is 12.7 Å². The van der Waals surface area contributed by atoms with Gasteiger partial charge in [0.2, 0.25) is 0 Å². The van der Waals surface area contributed by atoms with Crippen LogP contribution in [-0.2, 0) is 0 Å². The van der Waals surface area contributed by atoms with Crippen molar-refractivity contribution < 1.29 is 8.78 Å². The number of hydrogen-bond donors (Lipinski definition) is 0. The molecule has 0 aliphatic heterocycles. The van der Waals surface area contributed by atoms with Crippen molar-refractivity contribution in [1.29, 1.82) is 0 Å². The van der Waals surface area contributed by atoms with Gasteiger partial charge in [-0.3, -0.25) is 0 Å². The van der Waals surface area contributed by atoms with Crippen LogP contribution in [0.25, 0.3) is 0 Å². The lowest BCUT2D eigenvalue weighted by atomic mass is 10.7. The molecular weight excluding hydrogens is 109 g/mol. The molecule has 0 aromatic carbocycles. The van der Waals surface area contributed by atoms with Crippen LogP contribution in [-0.4, -0.2) is 5.38 Å². The average Bonchev–Trinajstić information content (AvgIpc) is 1.35. The molecule has 0 bridgehead atoms. The second-order valence-corrected chi connectivity index (χ2v) is 1.25. The fraction of sp³-hybridized carbons (Fsp3) is 0.333. The van der Waals surface area contributed by atoms with E-state index in [1.165, 1.54) is 0 Å². The molecule has 0 aliphatic carbocycles. The number of alkyl halides is 3. The van der Waals surface area contributed by atoms with Crippen LogP contribution < -0.4 is 0 Å². The topological polar surface area (TPSA) is 0 Å². The highest BCUT2D eigenvalue weighted by Crippen LogP contribution is 2.18. The van der Waals surface area contributed by atoms with E-state index in [4.69, 9.17) is 0 Å². The van der Waals surface area contributed by atoms with E-state index in [1.807, 2.05) is 0 Å². The van der Waals surface area contributed by atoms with Crippen LogP contribution in [0.5, 0.6) is 0 Å². The normalized spacial score (nSPS) is 11.2. The molecule has 0 spiro atoms. The molecule has 0 aromatic heterocycles. The Morgan fingerprint density at radius 3 is 1.83 bits per heavy atom. The zero-order valence-corrected chi connectivity index (χ0v) is 3.67. The molecule has 0 aliphatic rings. The summed E-state index contributed by atoms with van der Waals surface area (Å²) in [6.07, 6.45) is 0.370. The molecule has 0 fully saturated rings. The van der Waals surface area contributed by atoms with Crippen molar-refractivity contribution >= 4 is 11.6 Å². The first-order valence-electron chi connectivity index (χ1n) is 1.26. The third-order valence-electron chi connectivity index (χ3n) is 0.231. The van der Waals surface area contributed by atoms with E-state index in [-0.39, 0.29) is 0 Å². The first-order valence-corrected chi connectivity index (χ1v) is 1.64. The van der Waals surface area contributed by atoms with Gasteiger partial charge in [-0.15, -0.1) is 0 Å². The minimum absolute atomic E-state index is 0.370. The Kier molecular flexibility index (Phi) is 1.53. The molecule has 0 atom stereocenters. The lowest BCUT2D eigenvalue weighted by Crippen LogP contribution is -1.96. The summed E-state index contributed by atoms with van der Waals surface area (Å²) in [6, 6.07) is 0. The highest BCUT2D eigenvalue weighted by molar-refractivity contribution is 6.22. The van der Waals surface area contributed by atoms with E-state index >= 15 is 0 Å². The maximum atomic E-state index is 11.1. The quantitative estimate of drug-likeness (QED) is 0.360. The molecule has 36 valence electrons. The molecule has 0 rings (SSSR count). The monoisotopic (exact) mass is 112 g/mol. The maximum absolute atomic E-state index is 11.1. The number of allylic oxidation sites excluding steroid dienone is 1. The van der Waals surface area contributed by atoms with E-state index in [9.17, 15) is 8.78 Å². The molecule has 0 radical (unpaired) electrons. The Morgan fingerprint density at radius 2 is 1.83 bits per heavy atom. The number of rotatable bonds is 1. The SMILES string of the molecule is C=CC(F)(F)Cl. The number of hydrogen-bond acceptors (Lipinski definition) is 0. The molecule has 0 N–H and O–H groups in total. The van der Waals surface area contributed by atoms with Gasteiger partial charge < -0.3 is 0 Å². The third kappa shape index (κ3) is 3.89. The van der Waals surface area contributed by atoms with Gasteiger partial charge in [-0.05, 0) is 17.7 Å². The minimum atomic E-state index is -3.22. The van der Waals surface area contributed by atoms with Crippen molar-refractivity contribution in [3.63, 3.8) is 0 Å². The molecule has 3 heteroatoms. The summed E-state index contributed by atoms with van der Waals surface area (Å²) in [4.78, 5) is 0. The Bertz CT molecular complexity index is 54.3. The molecular formula is C3H3ClF2. The smallest absolute Gasteiger partial charge is 0.184 e. The van der Waals surface area contributed by atoms with E-state index in [0.29, 0.717) is 6.08 Å². The predicted octanol–water partition coefficient (Wildman–Crippen LogP) is 2.00. The third-order valence-corrected chi connectivity index (χ3v) is 0.386. The van der Waals surface area contributed by atoms with E-state index in [2.05, 4.69) is 18.2 Å². The van der Waals surface area contributed by atoms with Gasteiger partial charge in [0, 0.05) is 0 Å². The maximum Gasteiger partial charge on any atom is 0.341 e. The van der Waals surface area contributed by atoms with Gasteiger partial charge in [0.25, 0.3) is 0 Å². The summed E-state index contributed by atoms with van der Waals surface area (Å²) in [7, 11) is 0. The molecule has 6 heavy (non-hydrogen) atoms. The van der Waals surface area contributed by atoms with Crippen LogP contribution in [0.2, 0.25) is 0 Å². The largest absolute Gasteiger partial charge is 0.341 e.